The Balaban J connectivity index is 2.86. The van der Waals surface area contributed by atoms with E-state index in [0.29, 0.717) is 10.2 Å². The minimum Gasteiger partial charge on any atom is -0.305 e. The number of nitrogens with zero attached hydrogens (tertiary/aromatic N) is 1. The van der Waals surface area contributed by atoms with Gasteiger partial charge in [-0.25, -0.2) is 18.0 Å². The minimum atomic E-state index is -3.72. The van der Waals surface area contributed by atoms with Crippen LogP contribution >= 0.6 is 0 Å². The van der Waals surface area contributed by atoms with Crippen LogP contribution in [-0.4, -0.2) is 24.3 Å². The van der Waals surface area contributed by atoms with Crippen molar-refractivity contribution in [2.45, 2.75) is 13.8 Å². The SMILES string of the molecule is Cc1cc2[nH]c(=O)n(NS(C)(=O)=O)c(=O)c2cc1C. The molecule has 0 saturated carbocycles. The Hall–Kier alpha value is -2.09. The summed E-state index contributed by atoms with van der Waals surface area (Å²) in [5.74, 6) is 0. The molecule has 0 fully saturated rings. The first-order valence-corrected chi connectivity index (χ1v) is 7.32. The molecule has 0 saturated heterocycles. The maximum absolute atomic E-state index is 12.1. The Labute approximate surface area is 108 Å². The lowest BCUT2D eigenvalue weighted by Gasteiger charge is -2.08. The van der Waals surface area contributed by atoms with Crippen molar-refractivity contribution in [3.8, 4) is 0 Å². The lowest BCUT2D eigenvalue weighted by atomic mass is 10.1. The predicted octanol–water partition coefficient (Wildman–Crippen LogP) is -0.190. The number of aromatic amines is 1. The predicted molar refractivity (Wildman–Crippen MR) is 72.5 cm³/mol. The van der Waals surface area contributed by atoms with Crippen LogP contribution in [-0.2, 0) is 10.0 Å². The molecule has 102 valence electrons. The normalized spacial score (nSPS) is 11.7. The minimum absolute atomic E-state index is 0.249. The molecule has 19 heavy (non-hydrogen) atoms. The van der Waals surface area contributed by atoms with Crippen molar-refractivity contribution in [1.82, 2.24) is 9.66 Å². The summed E-state index contributed by atoms with van der Waals surface area (Å²) < 4.78 is 22.7. The van der Waals surface area contributed by atoms with Crippen LogP contribution in [0.4, 0.5) is 0 Å². The number of aromatic nitrogens is 2. The maximum atomic E-state index is 12.1. The van der Waals surface area contributed by atoms with Crippen LogP contribution in [0, 0.1) is 13.8 Å². The van der Waals surface area contributed by atoms with Crippen molar-refractivity contribution in [3.63, 3.8) is 0 Å². The smallest absolute Gasteiger partial charge is 0.305 e. The third-order valence-corrected chi connectivity index (χ3v) is 3.28. The molecular formula is C11H13N3O4S. The van der Waals surface area contributed by atoms with Gasteiger partial charge in [-0.2, -0.15) is 4.68 Å². The van der Waals surface area contributed by atoms with E-state index >= 15 is 0 Å². The number of hydrogen-bond donors (Lipinski definition) is 2. The molecule has 2 N–H and O–H groups in total. The fourth-order valence-corrected chi connectivity index (χ4v) is 2.23. The van der Waals surface area contributed by atoms with Gasteiger partial charge in [-0.05, 0) is 37.1 Å². The fraction of sp³-hybridized carbons (Fsp3) is 0.273. The van der Waals surface area contributed by atoms with Crippen LogP contribution in [0.2, 0.25) is 0 Å². The van der Waals surface area contributed by atoms with Gasteiger partial charge >= 0.3 is 5.69 Å². The van der Waals surface area contributed by atoms with Crippen LogP contribution in [0.5, 0.6) is 0 Å². The van der Waals surface area contributed by atoms with Crippen molar-refractivity contribution in [3.05, 3.63) is 44.1 Å². The van der Waals surface area contributed by atoms with E-state index in [9.17, 15) is 18.0 Å². The third kappa shape index (κ3) is 2.53. The summed E-state index contributed by atoms with van der Waals surface area (Å²) in [6.45, 7) is 3.68. The average Bonchev–Trinajstić information content (AvgIpc) is 2.26. The van der Waals surface area contributed by atoms with E-state index < -0.39 is 21.3 Å². The van der Waals surface area contributed by atoms with E-state index in [0.717, 1.165) is 17.4 Å². The van der Waals surface area contributed by atoms with Crippen LogP contribution < -0.4 is 16.1 Å². The molecule has 0 aliphatic rings. The van der Waals surface area contributed by atoms with Crippen molar-refractivity contribution in [1.29, 1.82) is 0 Å². The zero-order chi connectivity index (χ0) is 14.4. The molecule has 2 aromatic rings. The van der Waals surface area contributed by atoms with Gasteiger partial charge in [-0.1, -0.05) is 0 Å². The zero-order valence-electron chi connectivity index (χ0n) is 10.6. The number of rotatable bonds is 2. The average molecular weight is 283 g/mol. The maximum Gasteiger partial charge on any atom is 0.348 e. The van der Waals surface area contributed by atoms with Crippen molar-refractivity contribution >= 4 is 20.9 Å². The van der Waals surface area contributed by atoms with Crippen LogP contribution in [0.25, 0.3) is 10.9 Å². The number of aryl methyl sites for hydroxylation is 2. The van der Waals surface area contributed by atoms with Crippen molar-refractivity contribution in [2.24, 2.45) is 0 Å². The Morgan fingerprint density at radius 1 is 1.16 bits per heavy atom. The fourth-order valence-electron chi connectivity index (χ4n) is 1.73. The molecular weight excluding hydrogens is 270 g/mol. The number of nitrogens with one attached hydrogen (secondary N) is 2. The Morgan fingerprint density at radius 2 is 1.74 bits per heavy atom. The second-order valence-corrected chi connectivity index (χ2v) is 6.14. The summed E-state index contributed by atoms with van der Waals surface area (Å²) in [6, 6.07) is 3.29. The second kappa shape index (κ2) is 4.23. The molecule has 0 atom stereocenters. The van der Waals surface area contributed by atoms with E-state index in [1.165, 1.54) is 0 Å². The molecule has 8 heteroatoms. The Bertz CT molecular complexity index is 877. The van der Waals surface area contributed by atoms with Gasteiger partial charge in [0.2, 0.25) is 10.0 Å². The van der Waals surface area contributed by atoms with Crippen molar-refractivity contribution in [2.75, 3.05) is 11.1 Å². The molecule has 0 amide bonds. The molecule has 0 unspecified atom stereocenters. The molecule has 0 aliphatic carbocycles. The quantitative estimate of drug-likeness (QED) is 0.797. The van der Waals surface area contributed by atoms with Crippen LogP contribution in [0.3, 0.4) is 0 Å². The molecule has 1 heterocycles. The van der Waals surface area contributed by atoms with E-state index in [4.69, 9.17) is 0 Å². The van der Waals surface area contributed by atoms with Gasteiger partial charge in [0, 0.05) is 0 Å². The van der Waals surface area contributed by atoms with Gasteiger partial charge in [-0.15, -0.1) is 0 Å². The highest BCUT2D eigenvalue weighted by Crippen LogP contribution is 2.13. The molecule has 1 aromatic carbocycles. The first kappa shape index (κ1) is 13.3. The summed E-state index contributed by atoms with van der Waals surface area (Å²) >= 11 is 0. The highest BCUT2D eigenvalue weighted by atomic mass is 32.2. The summed E-state index contributed by atoms with van der Waals surface area (Å²) in [5, 5.41) is 0.249. The first-order chi connectivity index (χ1) is 8.69. The Morgan fingerprint density at radius 3 is 2.32 bits per heavy atom. The number of fused-ring (bicyclic) bond motifs is 1. The van der Waals surface area contributed by atoms with Gasteiger partial charge in [0.25, 0.3) is 5.56 Å². The van der Waals surface area contributed by atoms with E-state index in [1.807, 2.05) is 18.7 Å². The first-order valence-electron chi connectivity index (χ1n) is 5.43. The molecule has 0 spiro atoms. The van der Waals surface area contributed by atoms with Crippen LogP contribution in [0.15, 0.2) is 21.7 Å². The highest BCUT2D eigenvalue weighted by molar-refractivity contribution is 7.91. The molecule has 1 aromatic heterocycles. The number of H-pyrrole nitrogens is 1. The van der Waals surface area contributed by atoms with E-state index in [2.05, 4.69) is 4.98 Å². The van der Waals surface area contributed by atoms with Gasteiger partial charge in [-0.3, -0.25) is 4.79 Å². The van der Waals surface area contributed by atoms with E-state index in [1.54, 1.807) is 12.1 Å². The standard InChI is InChI=1S/C11H13N3O4S/c1-6-4-8-9(5-7(6)2)12-11(16)14(10(8)15)13-19(3,17)18/h4-5,13H,1-3H3,(H,12,16). The van der Waals surface area contributed by atoms with E-state index in [-0.39, 0.29) is 5.39 Å². The topological polar surface area (TPSA) is 101 Å². The summed E-state index contributed by atoms with van der Waals surface area (Å²) in [5.41, 5.74) is 0.655. The van der Waals surface area contributed by atoms with Gasteiger partial charge in [0.15, 0.2) is 0 Å². The molecule has 7 nitrogen and oxygen atoms in total. The third-order valence-electron chi connectivity index (χ3n) is 2.77. The van der Waals surface area contributed by atoms with Gasteiger partial charge in [0.05, 0.1) is 17.2 Å². The molecule has 0 radical (unpaired) electrons. The lowest BCUT2D eigenvalue weighted by molar-refractivity contribution is 0.598. The Kier molecular flexibility index (Phi) is 2.97. The number of benzene rings is 1. The summed E-state index contributed by atoms with van der Waals surface area (Å²) in [4.78, 5) is 28.2. The number of hydrogen-bond acceptors (Lipinski definition) is 4. The van der Waals surface area contributed by atoms with Gasteiger partial charge < -0.3 is 4.98 Å². The molecule has 2 rings (SSSR count). The largest absolute Gasteiger partial charge is 0.348 e. The molecule has 0 bridgehead atoms. The molecule has 0 aliphatic heterocycles. The second-order valence-electron chi connectivity index (χ2n) is 4.42. The van der Waals surface area contributed by atoms with Gasteiger partial charge in [0.1, 0.15) is 0 Å². The van der Waals surface area contributed by atoms with Crippen LogP contribution in [0.1, 0.15) is 11.1 Å². The highest BCUT2D eigenvalue weighted by Gasteiger charge is 2.11. The summed E-state index contributed by atoms with van der Waals surface area (Å²) in [6.07, 6.45) is 0.865. The zero-order valence-corrected chi connectivity index (χ0v) is 11.5. The number of sulfonamides is 1. The monoisotopic (exact) mass is 283 g/mol. The van der Waals surface area contributed by atoms with Crippen molar-refractivity contribution < 1.29 is 8.42 Å². The summed E-state index contributed by atoms with van der Waals surface area (Å²) in [7, 11) is -3.72. The lowest BCUT2D eigenvalue weighted by Crippen LogP contribution is -2.43.